The normalized spacial score (nSPS) is 17.6. The number of ether oxygens (including phenoxy) is 2. The molecule has 1 unspecified atom stereocenters. The maximum Gasteiger partial charge on any atom is 0.241 e. The second kappa shape index (κ2) is 6.67. The lowest BCUT2D eigenvalue weighted by atomic mass is 9.92. The molecule has 2 rings (SSSR count). The highest BCUT2D eigenvalue weighted by Gasteiger charge is 2.26. The highest BCUT2D eigenvalue weighted by atomic mass is 19.1. The van der Waals surface area contributed by atoms with Crippen LogP contribution in [0.15, 0.2) is 18.2 Å². The van der Waals surface area contributed by atoms with E-state index < -0.39 is 11.9 Å². The van der Waals surface area contributed by atoms with E-state index in [1.807, 2.05) is 0 Å². The third kappa shape index (κ3) is 3.46. The fourth-order valence-electron chi connectivity index (χ4n) is 2.26. The third-order valence-electron chi connectivity index (χ3n) is 3.50. The molecular formula is C14H19FN2O3. The van der Waals surface area contributed by atoms with Crippen molar-refractivity contribution in [2.45, 2.75) is 18.9 Å². The number of hydrogen-bond donors (Lipinski definition) is 2. The zero-order chi connectivity index (χ0) is 14.5. The van der Waals surface area contributed by atoms with Gasteiger partial charge in [0.1, 0.15) is 0 Å². The highest BCUT2D eigenvalue weighted by molar-refractivity contribution is 5.94. The van der Waals surface area contributed by atoms with Gasteiger partial charge in [0.2, 0.25) is 5.91 Å². The molecule has 110 valence electrons. The van der Waals surface area contributed by atoms with Crippen LogP contribution in [0.4, 0.5) is 10.1 Å². The molecule has 1 aromatic rings. The predicted molar refractivity (Wildman–Crippen MR) is 73.1 cm³/mol. The molecule has 1 atom stereocenters. The summed E-state index contributed by atoms with van der Waals surface area (Å²) in [6.45, 7) is 1.26. The Kier molecular flexibility index (Phi) is 4.92. The Morgan fingerprint density at radius 2 is 2.20 bits per heavy atom. The number of carbonyl (C=O) groups excluding carboxylic acids is 1. The third-order valence-corrected chi connectivity index (χ3v) is 3.50. The molecule has 0 aromatic heterocycles. The molecule has 1 aliphatic rings. The Balaban J connectivity index is 1.98. The lowest BCUT2D eigenvalue weighted by Crippen LogP contribution is -2.44. The van der Waals surface area contributed by atoms with Gasteiger partial charge < -0.3 is 20.5 Å². The van der Waals surface area contributed by atoms with Gasteiger partial charge in [0.15, 0.2) is 11.6 Å². The van der Waals surface area contributed by atoms with Crippen molar-refractivity contribution in [1.29, 1.82) is 0 Å². The van der Waals surface area contributed by atoms with Crippen molar-refractivity contribution < 1.29 is 18.7 Å². The van der Waals surface area contributed by atoms with Crippen LogP contribution in [0.3, 0.4) is 0 Å². The van der Waals surface area contributed by atoms with Crippen molar-refractivity contribution in [2.24, 2.45) is 11.7 Å². The van der Waals surface area contributed by atoms with E-state index in [4.69, 9.17) is 15.2 Å². The van der Waals surface area contributed by atoms with Crippen molar-refractivity contribution in [3.8, 4) is 5.75 Å². The lowest BCUT2D eigenvalue weighted by molar-refractivity contribution is -0.119. The first-order valence-corrected chi connectivity index (χ1v) is 6.59. The van der Waals surface area contributed by atoms with E-state index in [0.29, 0.717) is 18.9 Å². The molecule has 0 bridgehead atoms. The highest BCUT2D eigenvalue weighted by Crippen LogP contribution is 2.22. The van der Waals surface area contributed by atoms with E-state index in [-0.39, 0.29) is 17.6 Å². The van der Waals surface area contributed by atoms with Gasteiger partial charge in [-0.2, -0.15) is 0 Å². The summed E-state index contributed by atoms with van der Waals surface area (Å²) in [6.07, 6.45) is 1.54. The molecule has 1 amide bonds. The van der Waals surface area contributed by atoms with Gasteiger partial charge >= 0.3 is 0 Å². The van der Waals surface area contributed by atoms with E-state index in [1.54, 1.807) is 6.07 Å². The molecule has 1 aromatic carbocycles. The number of amides is 1. The van der Waals surface area contributed by atoms with Crippen LogP contribution in [-0.4, -0.2) is 32.3 Å². The minimum atomic E-state index is -0.607. The zero-order valence-electron chi connectivity index (χ0n) is 11.4. The predicted octanol–water partition coefficient (Wildman–Crippen LogP) is 1.53. The summed E-state index contributed by atoms with van der Waals surface area (Å²) in [5.74, 6) is -0.588. The number of benzene rings is 1. The fraction of sp³-hybridized carbons (Fsp3) is 0.500. The Labute approximate surface area is 117 Å². The van der Waals surface area contributed by atoms with Crippen LogP contribution in [0, 0.1) is 11.7 Å². The van der Waals surface area contributed by atoms with Crippen LogP contribution < -0.4 is 15.8 Å². The molecule has 1 heterocycles. The molecular weight excluding hydrogens is 263 g/mol. The number of halogens is 1. The molecule has 1 fully saturated rings. The van der Waals surface area contributed by atoms with Crippen molar-refractivity contribution in [1.82, 2.24) is 0 Å². The molecule has 0 aliphatic carbocycles. The summed E-state index contributed by atoms with van der Waals surface area (Å²) < 4.78 is 23.6. The molecule has 1 saturated heterocycles. The Morgan fingerprint density at radius 1 is 1.50 bits per heavy atom. The number of nitrogens with two attached hydrogens (primary N) is 1. The Bertz CT molecular complexity index is 475. The molecule has 3 N–H and O–H groups in total. The molecule has 0 spiro atoms. The van der Waals surface area contributed by atoms with Crippen LogP contribution >= 0.6 is 0 Å². The van der Waals surface area contributed by atoms with Crippen molar-refractivity contribution in [3.63, 3.8) is 0 Å². The van der Waals surface area contributed by atoms with Gasteiger partial charge in [-0.3, -0.25) is 4.79 Å². The van der Waals surface area contributed by atoms with Gasteiger partial charge in [-0.15, -0.1) is 0 Å². The SMILES string of the molecule is COc1ccc(NC(=O)C(N)C2CCOCC2)cc1F. The van der Waals surface area contributed by atoms with Crippen LogP contribution in [0.2, 0.25) is 0 Å². The van der Waals surface area contributed by atoms with E-state index in [2.05, 4.69) is 5.32 Å². The summed E-state index contributed by atoms with van der Waals surface area (Å²) in [6, 6.07) is 3.65. The summed E-state index contributed by atoms with van der Waals surface area (Å²) in [5, 5.41) is 2.63. The van der Waals surface area contributed by atoms with E-state index >= 15 is 0 Å². The van der Waals surface area contributed by atoms with E-state index in [0.717, 1.165) is 12.8 Å². The molecule has 20 heavy (non-hydrogen) atoms. The van der Waals surface area contributed by atoms with Gasteiger partial charge in [-0.25, -0.2) is 4.39 Å². The summed E-state index contributed by atoms with van der Waals surface area (Å²) in [7, 11) is 1.39. The van der Waals surface area contributed by atoms with Crippen LogP contribution in [0.1, 0.15) is 12.8 Å². The van der Waals surface area contributed by atoms with Gasteiger partial charge in [-0.1, -0.05) is 0 Å². The first-order valence-electron chi connectivity index (χ1n) is 6.59. The first-order chi connectivity index (χ1) is 9.61. The monoisotopic (exact) mass is 282 g/mol. The maximum absolute atomic E-state index is 13.5. The van der Waals surface area contributed by atoms with E-state index in [9.17, 15) is 9.18 Å². The number of methoxy groups -OCH3 is 1. The summed E-state index contributed by atoms with van der Waals surface area (Å²) >= 11 is 0. The quantitative estimate of drug-likeness (QED) is 0.878. The first kappa shape index (κ1) is 14.7. The van der Waals surface area contributed by atoms with Crippen molar-refractivity contribution in [3.05, 3.63) is 24.0 Å². The average molecular weight is 282 g/mol. The summed E-state index contributed by atoms with van der Waals surface area (Å²) in [4.78, 5) is 12.0. The molecule has 1 aliphatic heterocycles. The molecule has 0 radical (unpaired) electrons. The number of carbonyl (C=O) groups is 1. The topological polar surface area (TPSA) is 73.6 Å². The minimum absolute atomic E-state index is 0.104. The lowest BCUT2D eigenvalue weighted by Gasteiger charge is -2.26. The second-order valence-electron chi connectivity index (χ2n) is 4.81. The van der Waals surface area contributed by atoms with E-state index in [1.165, 1.54) is 19.2 Å². The Morgan fingerprint density at radius 3 is 2.80 bits per heavy atom. The van der Waals surface area contributed by atoms with Gasteiger partial charge in [0.05, 0.1) is 13.2 Å². The van der Waals surface area contributed by atoms with Crippen LogP contribution in [0.25, 0.3) is 0 Å². The molecule has 5 nitrogen and oxygen atoms in total. The van der Waals surface area contributed by atoms with Crippen LogP contribution in [0.5, 0.6) is 5.75 Å². The van der Waals surface area contributed by atoms with Crippen molar-refractivity contribution >= 4 is 11.6 Å². The number of hydrogen-bond acceptors (Lipinski definition) is 4. The van der Waals surface area contributed by atoms with Gasteiger partial charge in [-0.05, 0) is 30.9 Å². The largest absolute Gasteiger partial charge is 0.494 e. The zero-order valence-corrected chi connectivity index (χ0v) is 11.4. The number of nitrogens with one attached hydrogen (secondary N) is 1. The number of rotatable bonds is 4. The van der Waals surface area contributed by atoms with Crippen molar-refractivity contribution in [2.75, 3.05) is 25.6 Å². The fourth-order valence-corrected chi connectivity index (χ4v) is 2.26. The molecule has 6 heteroatoms. The smallest absolute Gasteiger partial charge is 0.241 e. The number of anilines is 1. The van der Waals surface area contributed by atoms with Crippen LogP contribution in [-0.2, 0) is 9.53 Å². The second-order valence-corrected chi connectivity index (χ2v) is 4.81. The standard InChI is InChI=1S/C14H19FN2O3/c1-19-12-3-2-10(8-11(12)15)17-14(18)13(16)9-4-6-20-7-5-9/h2-3,8-9,13H,4-7,16H2,1H3,(H,17,18). The maximum atomic E-state index is 13.5. The van der Waals surface area contributed by atoms with Gasteiger partial charge in [0, 0.05) is 25.0 Å². The van der Waals surface area contributed by atoms with Gasteiger partial charge in [0.25, 0.3) is 0 Å². The summed E-state index contributed by atoms with van der Waals surface area (Å²) in [5.41, 5.74) is 6.32. The molecule has 0 saturated carbocycles. The minimum Gasteiger partial charge on any atom is -0.494 e. The average Bonchev–Trinajstić information content (AvgIpc) is 2.47. The Hall–Kier alpha value is -1.66.